The van der Waals surface area contributed by atoms with Gasteiger partial charge in [0.15, 0.2) is 11.5 Å². The average Bonchev–Trinajstić information content (AvgIpc) is 2.59. The lowest BCUT2D eigenvalue weighted by Gasteiger charge is -2.11. The number of benzene rings is 2. The van der Waals surface area contributed by atoms with Crippen molar-refractivity contribution in [2.45, 2.75) is 6.61 Å². The van der Waals surface area contributed by atoms with E-state index < -0.39 is 5.91 Å². The van der Waals surface area contributed by atoms with Gasteiger partial charge in [0.05, 0.1) is 7.11 Å². The van der Waals surface area contributed by atoms with E-state index in [0.29, 0.717) is 17.1 Å². The fourth-order valence-corrected chi connectivity index (χ4v) is 1.96. The zero-order valence-corrected chi connectivity index (χ0v) is 13.0. The summed E-state index contributed by atoms with van der Waals surface area (Å²) in [5.41, 5.74) is 6.34. The van der Waals surface area contributed by atoms with Gasteiger partial charge in [0, 0.05) is 0 Å². The van der Waals surface area contributed by atoms with Gasteiger partial charge in [0.25, 0.3) is 5.91 Å². The summed E-state index contributed by atoms with van der Waals surface area (Å²) in [6.07, 6.45) is 1.37. The highest BCUT2D eigenvalue weighted by Gasteiger charge is 2.08. The number of rotatable bonds is 6. The number of carbonyl (C=O) groups excluding carboxylic acids is 1. The van der Waals surface area contributed by atoms with Gasteiger partial charge >= 0.3 is 0 Å². The van der Waals surface area contributed by atoms with Crippen LogP contribution in [0.5, 0.6) is 11.5 Å². The van der Waals surface area contributed by atoms with Crippen LogP contribution in [0.25, 0.3) is 6.08 Å². The maximum Gasteiger partial charge on any atom is 0.259 e. The van der Waals surface area contributed by atoms with Crippen LogP contribution in [0.4, 0.5) is 4.39 Å². The predicted octanol–water partition coefficient (Wildman–Crippen LogP) is 2.81. The minimum absolute atomic E-state index is 0.156. The number of halogens is 1. The molecule has 0 aliphatic carbocycles. The van der Waals surface area contributed by atoms with Crippen LogP contribution in [-0.4, -0.2) is 13.0 Å². The lowest BCUT2D eigenvalue weighted by atomic mass is 10.1. The Morgan fingerprint density at radius 2 is 1.96 bits per heavy atom. The molecule has 2 aromatic rings. The molecule has 0 atom stereocenters. The standard InChI is InChI=1S/C18H15FN2O3/c1-23-17-9-13(8-14(10-20)18(21)22)4-7-16(17)24-11-12-2-5-15(19)6-3-12/h2-9H,11H2,1H3,(H2,21,22)/b14-8+. The highest BCUT2D eigenvalue weighted by Crippen LogP contribution is 2.29. The molecule has 0 saturated heterocycles. The fourth-order valence-electron chi connectivity index (χ4n) is 1.96. The number of nitriles is 1. The molecule has 0 heterocycles. The number of primary amides is 1. The quantitative estimate of drug-likeness (QED) is 0.653. The molecule has 1 amide bonds. The van der Waals surface area contributed by atoms with E-state index in [0.717, 1.165) is 5.56 Å². The Hall–Kier alpha value is -3.33. The van der Waals surface area contributed by atoms with E-state index in [2.05, 4.69) is 0 Å². The minimum atomic E-state index is -0.798. The van der Waals surface area contributed by atoms with E-state index in [-0.39, 0.29) is 18.0 Å². The van der Waals surface area contributed by atoms with Crippen LogP contribution >= 0.6 is 0 Å². The maximum absolute atomic E-state index is 12.9. The largest absolute Gasteiger partial charge is 0.493 e. The number of carbonyl (C=O) groups is 1. The summed E-state index contributed by atoms with van der Waals surface area (Å²) in [5.74, 6) is -0.187. The fraction of sp³-hybridized carbons (Fsp3) is 0.111. The number of nitrogens with zero attached hydrogens (tertiary/aromatic N) is 1. The Balaban J connectivity index is 2.18. The Morgan fingerprint density at radius 3 is 2.54 bits per heavy atom. The van der Waals surface area contributed by atoms with Crippen LogP contribution in [0, 0.1) is 17.1 Å². The van der Waals surface area contributed by atoms with Crippen LogP contribution in [0.3, 0.4) is 0 Å². The van der Waals surface area contributed by atoms with Crippen LogP contribution < -0.4 is 15.2 Å². The van der Waals surface area contributed by atoms with Gasteiger partial charge in [-0.25, -0.2) is 4.39 Å². The molecule has 122 valence electrons. The molecule has 2 rings (SSSR count). The molecule has 0 spiro atoms. The highest BCUT2D eigenvalue weighted by molar-refractivity contribution is 6.00. The number of hydrogen-bond donors (Lipinski definition) is 1. The van der Waals surface area contributed by atoms with Crippen LogP contribution in [-0.2, 0) is 11.4 Å². The van der Waals surface area contributed by atoms with Gasteiger partial charge in [-0.3, -0.25) is 4.79 Å². The van der Waals surface area contributed by atoms with Crippen molar-refractivity contribution in [3.8, 4) is 17.6 Å². The third kappa shape index (κ3) is 4.34. The van der Waals surface area contributed by atoms with E-state index in [1.165, 1.54) is 25.3 Å². The second-order valence-electron chi connectivity index (χ2n) is 4.86. The Morgan fingerprint density at radius 1 is 1.25 bits per heavy atom. The molecule has 24 heavy (non-hydrogen) atoms. The molecule has 0 radical (unpaired) electrons. The molecule has 0 fully saturated rings. The smallest absolute Gasteiger partial charge is 0.259 e. The first-order valence-corrected chi connectivity index (χ1v) is 7.00. The minimum Gasteiger partial charge on any atom is -0.493 e. The lowest BCUT2D eigenvalue weighted by molar-refractivity contribution is -0.114. The van der Waals surface area contributed by atoms with Gasteiger partial charge in [-0.05, 0) is 41.5 Å². The summed E-state index contributed by atoms with van der Waals surface area (Å²) >= 11 is 0. The normalized spacial score (nSPS) is 10.8. The molecule has 0 bridgehead atoms. The Labute approximate surface area is 138 Å². The second-order valence-corrected chi connectivity index (χ2v) is 4.86. The molecule has 0 aliphatic rings. The first kappa shape index (κ1) is 17.0. The highest BCUT2D eigenvalue weighted by atomic mass is 19.1. The number of nitrogens with two attached hydrogens (primary N) is 1. The van der Waals surface area contributed by atoms with E-state index in [1.54, 1.807) is 36.4 Å². The van der Waals surface area contributed by atoms with Gasteiger partial charge < -0.3 is 15.2 Å². The maximum atomic E-state index is 12.9. The van der Waals surface area contributed by atoms with Crippen LogP contribution in [0.2, 0.25) is 0 Å². The molecule has 0 saturated carbocycles. The molecular weight excluding hydrogens is 311 g/mol. The van der Waals surface area contributed by atoms with E-state index in [9.17, 15) is 9.18 Å². The lowest BCUT2D eigenvalue weighted by Crippen LogP contribution is -2.12. The summed E-state index contributed by atoms with van der Waals surface area (Å²) < 4.78 is 23.8. The summed E-state index contributed by atoms with van der Waals surface area (Å²) in [7, 11) is 1.48. The number of hydrogen-bond acceptors (Lipinski definition) is 4. The van der Waals surface area contributed by atoms with Crippen LogP contribution in [0.1, 0.15) is 11.1 Å². The van der Waals surface area contributed by atoms with Gasteiger partial charge in [0.2, 0.25) is 0 Å². The Kier molecular flexibility index (Phi) is 5.53. The first-order chi connectivity index (χ1) is 11.5. The molecule has 0 aliphatic heterocycles. The van der Waals surface area contributed by atoms with Crippen molar-refractivity contribution in [2.24, 2.45) is 5.73 Å². The predicted molar refractivity (Wildman–Crippen MR) is 86.5 cm³/mol. The monoisotopic (exact) mass is 326 g/mol. The summed E-state index contributed by atoms with van der Waals surface area (Å²) in [6.45, 7) is 0.247. The third-order valence-electron chi connectivity index (χ3n) is 3.19. The van der Waals surface area contributed by atoms with E-state index in [4.69, 9.17) is 20.5 Å². The summed E-state index contributed by atoms with van der Waals surface area (Å²) in [4.78, 5) is 11.1. The topological polar surface area (TPSA) is 85.3 Å². The zero-order chi connectivity index (χ0) is 17.5. The average molecular weight is 326 g/mol. The van der Waals surface area contributed by atoms with Gasteiger partial charge in [-0.1, -0.05) is 18.2 Å². The Bertz CT molecular complexity index is 808. The van der Waals surface area contributed by atoms with Gasteiger partial charge in [-0.2, -0.15) is 5.26 Å². The molecule has 5 nitrogen and oxygen atoms in total. The van der Waals surface area contributed by atoms with Crippen molar-refractivity contribution in [3.63, 3.8) is 0 Å². The number of methoxy groups -OCH3 is 1. The number of amides is 1. The van der Waals surface area contributed by atoms with Crippen molar-refractivity contribution in [1.29, 1.82) is 5.26 Å². The van der Waals surface area contributed by atoms with Crippen LogP contribution in [0.15, 0.2) is 48.0 Å². The molecule has 2 aromatic carbocycles. The zero-order valence-electron chi connectivity index (χ0n) is 13.0. The molecule has 2 N–H and O–H groups in total. The van der Waals surface area contributed by atoms with Gasteiger partial charge in [0.1, 0.15) is 24.1 Å². The first-order valence-electron chi connectivity index (χ1n) is 7.00. The van der Waals surface area contributed by atoms with Crippen molar-refractivity contribution in [1.82, 2.24) is 0 Å². The van der Waals surface area contributed by atoms with Crippen molar-refractivity contribution >= 4 is 12.0 Å². The second kappa shape index (κ2) is 7.79. The van der Waals surface area contributed by atoms with E-state index >= 15 is 0 Å². The van der Waals surface area contributed by atoms with E-state index in [1.807, 2.05) is 0 Å². The summed E-state index contributed by atoms with van der Waals surface area (Å²) in [5, 5.41) is 8.87. The molecule has 0 unspecified atom stereocenters. The van der Waals surface area contributed by atoms with Gasteiger partial charge in [-0.15, -0.1) is 0 Å². The SMILES string of the molecule is COc1cc(/C=C(\C#N)C(N)=O)ccc1OCc1ccc(F)cc1. The molecular formula is C18H15FN2O3. The third-order valence-corrected chi connectivity index (χ3v) is 3.19. The molecule has 6 heteroatoms. The van der Waals surface area contributed by atoms with Crippen molar-refractivity contribution < 1.29 is 18.7 Å². The number of ether oxygens (including phenoxy) is 2. The molecule has 0 aromatic heterocycles. The van der Waals surface area contributed by atoms with Crippen molar-refractivity contribution in [3.05, 3.63) is 65.0 Å². The summed E-state index contributed by atoms with van der Waals surface area (Å²) in [6, 6.07) is 12.7. The van der Waals surface area contributed by atoms with Crippen molar-refractivity contribution in [2.75, 3.05) is 7.11 Å².